The maximum Gasteiger partial charge on any atom is 0.416 e. The zero-order valence-electron chi connectivity index (χ0n) is 15.2. The van der Waals surface area contributed by atoms with E-state index >= 15 is 0 Å². The zero-order valence-corrected chi connectivity index (χ0v) is 15.2. The quantitative estimate of drug-likeness (QED) is 0.659. The first-order valence-corrected chi connectivity index (χ1v) is 9.42. The van der Waals surface area contributed by atoms with Gasteiger partial charge in [0.1, 0.15) is 0 Å². The number of aromatic nitrogens is 1. The molecule has 0 unspecified atom stereocenters. The molecule has 0 aliphatic carbocycles. The smallest absolute Gasteiger partial charge is 0.387 e. The van der Waals surface area contributed by atoms with Crippen molar-refractivity contribution >= 4 is 10.9 Å². The molecule has 0 amide bonds. The van der Waals surface area contributed by atoms with Gasteiger partial charge in [0, 0.05) is 17.0 Å². The molecule has 2 aromatic carbocycles. The molecule has 1 fully saturated rings. The van der Waals surface area contributed by atoms with Crippen molar-refractivity contribution in [3.63, 3.8) is 0 Å². The summed E-state index contributed by atoms with van der Waals surface area (Å²) in [5.74, 6) is 0. The fourth-order valence-corrected chi connectivity index (χ4v) is 3.79. The Hall–Kier alpha value is -2.44. The van der Waals surface area contributed by atoms with Crippen molar-refractivity contribution in [2.24, 2.45) is 0 Å². The highest BCUT2D eigenvalue weighted by Gasteiger charge is 2.30. The summed E-state index contributed by atoms with van der Waals surface area (Å²) in [4.78, 5) is 4.61. The van der Waals surface area contributed by atoms with Gasteiger partial charge in [-0.1, -0.05) is 36.8 Å². The molecule has 3 aromatic rings. The summed E-state index contributed by atoms with van der Waals surface area (Å²) in [7, 11) is 0. The first-order valence-electron chi connectivity index (χ1n) is 9.42. The number of alkyl halides is 3. The van der Waals surface area contributed by atoms with Crippen LogP contribution in [0.15, 0.2) is 54.6 Å². The van der Waals surface area contributed by atoms with Crippen LogP contribution in [0.1, 0.15) is 36.5 Å². The van der Waals surface area contributed by atoms with E-state index in [0.29, 0.717) is 16.8 Å². The number of halogens is 3. The zero-order chi connectivity index (χ0) is 19.7. The minimum atomic E-state index is -4.37. The minimum absolute atomic E-state index is 0.0417. The van der Waals surface area contributed by atoms with Gasteiger partial charge in [0.05, 0.1) is 22.9 Å². The molecule has 1 saturated heterocycles. The first-order chi connectivity index (χ1) is 13.4. The van der Waals surface area contributed by atoms with Gasteiger partial charge in [-0.3, -0.25) is 0 Å². The molecule has 0 bridgehead atoms. The average Bonchev–Trinajstić information content (AvgIpc) is 2.72. The molecule has 3 nitrogen and oxygen atoms in total. The third kappa shape index (κ3) is 3.75. The largest absolute Gasteiger partial charge is 0.416 e. The molecular formula is C22H21F3N2O. The Bertz CT molecular complexity index is 964. The number of fused-ring (bicyclic) bond motifs is 1. The van der Waals surface area contributed by atoms with Gasteiger partial charge < -0.3 is 10.4 Å². The monoisotopic (exact) mass is 386 g/mol. The molecule has 0 radical (unpaired) electrons. The van der Waals surface area contributed by atoms with Crippen molar-refractivity contribution in [1.29, 1.82) is 0 Å². The first kappa shape index (κ1) is 18.9. The van der Waals surface area contributed by atoms with Gasteiger partial charge in [0.2, 0.25) is 0 Å². The Morgan fingerprint density at radius 1 is 1.04 bits per heavy atom. The summed E-state index contributed by atoms with van der Waals surface area (Å²) in [6.07, 6.45) is -2.04. The summed E-state index contributed by atoms with van der Waals surface area (Å²) >= 11 is 0. The molecular weight excluding hydrogens is 365 g/mol. The molecule has 2 atom stereocenters. The van der Waals surface area contributed by atoms with Gasteiger partial charge in [0.25, 0.3) is 0 Å². The fraction of sp³-hybridized carbons (Fsp3) is 0.318. The van der Waals surface area contributed by atoms with Gasteiger partial charge in [-0.15, -0.1) is 0 Å². The Kier molecular flexibility index (Phi) is 5.08. The Morgan fingerprint density at radius 2 is 1.79 bits per heavy atom. The second-order valence-electron chi connectivity index (χ2n) is 7.19. The minimum Gasteiger partial charge on any atom is -0.387 e. The van der Waals surface area contributed by atoms with Gasteiger partial charge in [-0.25, -0.2) is 4.98 Å². The molecule has 146 valence electrons. The van der Waals surface area contributed by atoms with Gasteiger partial charge in [-0.05, 0) is 49.2 Å². The second-order valence-corrected chi connectivity index (χ2v) is 7.19. The molecule has 0 spiro atoms. The summed E-state index contributed by atoms with van der Waals surface area (Å²) in [5.41, 5.74) is 1.91. The number of aliphatic hydroxyl groups is 1. The van der Waals surface area contributed by atoms with Crippen LogP contribution in [0.5, 0.6) is 0 Å². The Balaban J connectivity index is 1.77. The highest BCUT2D eigenvalue weighted by atomic mass is 19.4. The van der Waals surface area contributed by atoms with E-state index < -0.39 is 17.8 Å². The molecule has 28 heavy (non-hydrogen) atoms. The third-order valence-electron chi connectivity index (χ3n) is 5.30. The van der Waals surface area contributed by atoms with Gasteiger partial charge in [0.15, 0.2) is 0 Å². The van der Waals surface area contributed by atoms with Crippen LogP contribution >= 0.6 is 0 Å². The number of pyridine rings is 1. The third-order valence-corrected chi connectivity index (χ3v) is 5.30. The van der Waals surface area contributed by atoms with Crippen LogP contribution in [0.25, 0.3) is 22.2 Å². The molecule has 6 heteroatoms. The topological polar surface area (TPSA) is 45.2 Å². The van der Waals surface area contributed by atoms with Crippen molar-refractivity contribution in [1.82, 2.24) is 10.3 Å². The maximum absolute atomic E-state index is 12.9. The highest BCUT2D eigenvalue weighted by molar-refractivity contribution is 5.85. The summed E-state index contributed by atoms with van der Waals surface area (Å²) in [5, 5.41) is 15.3. The van der Waals surface area contributed by atoms with E-state index in [1.165, 1.54) is 12.1 Å². The van der Waals surface area contributed by atoms with E-state index in [1.54, 1.807) is 6.07 Å². The van der Waals surface area contributed by atoms with Crippen molar-refractivity contribution in [2.45, 2.75) is 37.6 Å². The van der Waals surface area contributed by atoms with E-state index in [0.717, 1.165) is 48.9 Å². The normalized spacial score (nSPS) is 18.9. The van der Waals surface area contributed by atoms with Gasteiger partial charge in [-0.2, -0.15) is 13.2 Å². The van der Waals surface area contributed by atoms with E-state index in [4.69, 9.17) is 0 Å². The molecule has 2 N–H and O–H groups in total. The van der Waals surface area contributed by atoms with Crippen LogP contribution in [-0.2, 0) is 6.18 Å². The van der Waals surface area contributed by atoms with Crippen LogP contribution in [0.4, 0.5) is 13.2 Å². The van der Waals surface area contributed by atoms with E-state index in [2.05, 4.69) is 10.3 Å². The molecule has 0 saturated carbocycles. The predicted octanol–water partition coefficient (Wildman–Crippen LogP) is 5.10. The van der Waals surface area contributed by atoms with Crippen molar-refractivity contribution in [3.8, 4) is 11.3 Å². The number of hydrogen-bond donors (Lipinski definition) is 2. The number of rotatable bonds is 3. The standard InChI is InChI=1S/C22H21F3N2O/c23-22(24,25)15-10-8-14(9-11-15)20-13-17(16-5-1-2-6-18(16)27-20)21(28)19-7-3-4-12-26-19/h1-2,5-6,8-11,13,19,21,26,28H,3-4,7,12H2/t19-,21-/m0/s1. The van der Waals surface area contributed by atoms with Crippen LogP contribution in [-0.4, -0.2) is 22.7 Å². The maximum atomic E-state index is 12.9. The van der Waals surface area contributed by atoms with Crippen LogP contribution in [0, 0.1) is 0 Å². The van der Waals surface area contributed by atoms with E-state index in [9.17, 15) is 18.3 Å². The fourth-order valence-electron chi connectivity index (χ4n) is 3.79. The second kappa shape index (κ2) is 7.53. The van der Waals surface area contributed by atoms with Gasteiger partial charge >= 0.3 is 6.18 Å². The van der Waals surface area contributed by atoms with E-state index in [1.807, 2.05) is 24.3 Å². The van der Waals surface area contributed by atoms with Crippen molar-refractivity contribution in [2.75, 3.05) is 6.54 Å². The lowest BCUT2D eigenvalue weighted by atomic mass is 9.92. The molecule has 1 aliphatic heterocycles. The van der Waals surface area contributed by atoms with Crippen LogP contribution in [0.2, 0.25) is 0 Å². The highest BCUT2D eigenvalue weighted by Crippen LogP contribution is 2.34. The van der Waals surface area contributed by atoms with Crippen molar-refractivity contribution < 1.29 is 18.3 Å². The number of aliphatic hydroxyl groups excluding tert-OH is 1. The molecule has 2 heterocycles. The Morgan fingerprint density at radius 3 is 2.46 bits per heavy atom. The van der Waals surface area contributed by atoms with Crippen molar-refractivity contribution in [3.05, 3.63) is 65.7 Å². The summed E-state index contributed by atoms with van der Waals surface area (Å²) in [6, 6.07) is 14.3. The lowest BCUT2D eigenvalue weighted by Gasteiger charge is -2.29. The number of nitrogens with zero attached hydrogens (tertiary/aromatic N) is 1. The average molecular weight is 386 g/mol. The number of hydrogen-bond acceptors (Lipinski definition) is 3. The van der Waals surface area contributed by atoms with Crippen LogP contribution < -0.4 is 5.32 Å². The number of para-hydroxylation sites is 1. The van der Waals surface area contributed by atoms with E-state index in [-0.39, 0.29) is 6.04 Å². The lowest BCUT2D eigenvalue weighted by molar-refractivity contribution is -0.137. The molecule has 4 rings (SSSR count). The predicted molar refractivity (Wildman–Crippen MR) is 103 cm³/mol. The summed E-state index contributed by atoms with van der Waals surface area (Å²) < 4.78 is 38.6. The molecule has 1 aromatic heterocycles. The molecule has 1 aliphatic rings. The number of nitrogens with one attached hydrogen (secondary N) is 1. The lowest BCUT2D eigenvalue weighted by Crippen LogP contribution is -2.38. The summed E-state index contributed by atoms with van der Waals surface area (Å²) in [6.45, 7) is 0.872. The van der Waals surface area contributed by atoms with Crippen LogP contribution in [0.3, 0.4) is 0 Å². The number of piperidine rings is 1. The Labute approximate surface area is 161 Å². The SMILES string of the molecule is O[C@@H](c1cc(-c2ccc(C(F)(F)F)cc2)nc2ccccc12)[C@@H]1CCCCN1. The number of benzene rings is 2.